The number of carbonyl (C=O) groups excluding carboxylic acids is 1. The van der Waals surface area contributed by atoms with Crippen molar-refractivity contribution in [3.05, 3.63) is 11.6 Å². The fraction of sp³-hybridized carbons (Fsp3) is 0.625. The molecule has 1 aliphatic heterocycles. The molecule has 0 bridgehead atoms. The van der Waals surface area contributed by atoms with Crippen LogP contribution in [-0.2, 0) is 9.53 Å². The van der Waals surface area contributed by atoms with Crippen LogP contribution in [0.25, 0.3) is 0 Å². The van der Waals surface area contributed by atoms with Crippen molar-refractivity contribution >= 4 is 6.29 Å². The predicted octanol–water partition coefficient (Wildman–Crippen LogP) is 0.920. The van der Waals surface area contributed by atoms with Gasteiger partial charge in [-0.25, -0.2) is 0 Å². The molecule has 0 aromatic carbocycles. The molecule has 2 rings (SSSR count). The minimum absolute atomic E-state index is 0.334. The van der Waals surface area contributed by atoms with Gasteiger partial charge in [0.05, 0.1) is 6.10 Å². The Kier molecular flexibility index (Phi) is 1.34. The molecule has 0 spiro atoms. The third-order valence-corrected chi connectivity index (χ3v) is 2.28. The molecule has 54 valence electrons. The summed E-state index contributed by atoms with van der Waals surface area (Å²) in [5.41, 5.74) is 0.926. The highest BCUT2D eigenvalue weighted by Gasteiger charge is 2.32. The van der Waals surface area contributed by atoms with Crippen LogP contribution in [0.15, 0.2) is 11.6 Å². The van der Waals surface area contributed by atoms with Crippen LogP contribution in [0, 0.1) is 5.92 Å². The summed E-state index contributed by atoms with van der Waals surface area (Å²) in [6.07, 6.45) is 5.28. The van der Waals surface area contributed by atoms with Crippen LogP contribution in [0.5, 0.6) is 0 Å². The smallest absolute Gasteiger partial charge is 0.145 e. The summed E-state index contributed by atoms with van der Waals surface area (Å²) in [7, 11) is 0. The predicted molar refractivity (Wildman–Crippen MR) is 36.6 cm³/mol. The first kappa shape index (κ1) is 6.10. The Labute approximate surface area is 59.9 Å². The van der Waals surface area contributed by atoms with Gasteiger partial charge in [0.25, 0.3) is 0 Å². The standard InChI is InChI=1S/C8H10O2/c9-5-6-3-7-1-2-10-8(7)4-6/h3,5,7-8H,1-2,4H2. The molecule has 2 atom stereocenters. The monoisotopic (exact) mass is 138 g/mol. The number of fused-ring (bicyclic) bond motifs is 1. The van der Waals surface area contributed by atoms with E-state index in [0.717, 1.165) is 31.3 Å². The number of hydrogen-bond acceptors (Lipinski definition) is 2. The molecule has 0 aromatic rings. The van der Waals surface area contributed by atoms with Gasteiger partial charge in [0, 0.05) is 18.9 Å². The van der Waals surface area contributed by atoms with Gasteiger partial charge in [0.2, 0.25) is 0 Å². The maximum Gasteiger partial charge on any atom is 0.145 e. The molecule has 0 radical (unpaired) electrons. The van der Waals surface area contributed by atoms with Crippen molar-refractivity contribution in [3.8, 4) is 0 Å². The summed E-state index contributed by atoms with van der Waals surface area (Å²) in [6.45, 7) is 0.873. The minimum Gasteiger partial charge on any atom is -0.377 e. The van der Waals surface area contributed by atoms with Crippen LogP contribution in [0.3, 0.4) is 0 Å². The summed E-state index contributed by atoms with van der Waals surface area (Å²) in [5, 5.41) is 0. The van der Waals surface area contributed by atoms with E-state index in [0.29, 0.717) is 12.0 Å². The third-order valence-electron chi connectivity index (χ3n) is 2.28. The molecular weight excluding hydrogens is 128 g/mol. The zero-order valence-corrected chi connectivity index (χ0v) is 5.75. The number of aldehydes is 1. The van der Waals surface area contributed by atoms with E-state index >= 15 is 0 Å². The summed E-state index contributed by atoms with van der Waals surface area (Å²) < 4.78 is 5.40. The van der Waals surface area contributed by atoms with Crippen molar-refractivity contribution in [2.75, 3.05) is 6.61 Å². The SMILES string of the molecule is O=CC1=CC2CCOC2C1. The fourth-order valence-electron chi connectivity index (χ4n) is 1.73. The maximum absolute atomic E-state index is 10.3. The van der Waals surface area contributed by atoms with Crippen molar-refractivity contribution < 1.29 is 9.53 Å². The van der Waals surface area contributed by atoms with Crippen molar-refractivity contribution in [2.45, 2.75) is 18.9 Å². The van der Waals surface area contributed by atoms with E-state index in [1.807, 2.05) is 0 Å². The topological polar surface area (TPSA) is 26.3 Å². The zero-order chi connectivity index (χ0) is 6.97. The van der Waals surface area contributed by atoms with Gasteiger partial charge in [-0.2, -0.15) is 0 Å². The number of rotatable bonds is 1. The average Bonchev–Trinajstić information content (AvgIpc) is 2.42. The van der Waals surface area contributed by atoms with Crippen molar-refractivity contribution in [3.63, 3.8) is 0 Å². The molecule has 1 aliphatic carbocycles. The second kappa shape index (κ2) is 2.20. The van der Waals surface area contributed by atoms with Gasteiger partial charge in [-0.3, -0.25) is 4.79 Å². The highest BCUT2D eigenvalue weighted by atomic mass is 16.5. The van der Waals surface area contributed by atoms with Crippen LogP contribution in [0.4, 0.5) is 0 Å². The average molecular weight is 138 g/mol. The summed E-state index contributed by atoms with van der Waals surface area (Å²) in [5.74, 6) is 0.542. The van der Waals surface area contributed by atoms with E-state index in [1.165, 1.54) is 0 Å². The molecule has 10 heavy (non-hydrogen) atoms. The van der Waals surface area contributed by atoms with Crippen molar-refractivity contribution in [2.24, 2.45) is 5.92 Å². The van der Waals surface area contributed by atoms with Crippen LogP contribution in [0.1, 0.15) is 12.8 Å². The van der Waals surface area contributed by atoms with Gasteiger partial charge in [-0.15, -0.1) is 0 Å². The lowest BCUT2D eigenvalue weighted by Crippen LogP contribution is -2.07. The van der Waals surface area contributed by atoms with Crippen LogP contribution < -0.4 is 0 Å². The number of ether oxygens (including phenoxy) is 1. The Morgan fingerprint density at radius 1 is 1.70 bits per heavy atom. The van der Waals surface area contributed by atoms with Crippen LogP contribution >= 0.6 is 0 Å². The molecule has 0 saturated carbocycles. The van der Waals surface area contributed by atoms with Crippen molar-refractivity contribution in [1.29, 1.82) is 0 Å². The highest BCUT2D eigenvalue weighted by Crippen LogP contribution is 2.33. The summed E-state index contributed by atoms with van der Waals surface area (Å²) in [6, 6.07) is 0. The van der Waals surface area contributed by atoms with E-state index in [1.54, 1.807) is 0 Å². The second-order valence-corrected chi connectivity index (χ2v) is 2.93. The molecule has 2 heteroatoms. The second-order valence-electron chi connectivity index (χ2n) is 2.93. The normalized spacial score (nSPS) is 37.4. The Bertz CT molecular complexity index is 184. The van der Waals surface area contributed by atoms with Crippen LogP contribution in [0.2, 0.25) is 0 Å². The molecule has 0 N–H and O–H groups in total. The number of hydrogen-bond donors (Lipinski definition) is 0. The van der Waals surface area contributed by atoms with Gasteiger partial charge in [-0.05, 0) is 12.0 Å². The molecule has 2 nitrogen and oxygen atoms in total. The van der Waals surface area contributed by atoms with Crippen LogP contribution in [-0.4, -0.2) is 19.0 Å². The quantitative estimate of drug-likeness (QED) is 0.504. The third kappa shape index (κ3) is 0.797. The van der Waals surface area contributed by atoms with E-state index < -0.39 is 0 Å². The Hall–Kier alpha value is -0.630. The molecule has 2 unspecified atom stereocenters. The van der Waals surface area contributed by atoms with Gasteiger partial charge in [-0.1, -0.05) is 6.08 Å². The van der Waals surface area contributed by atoms with E-state index in [4.69, 9.17) is 4.74 Å². The van der Waals surface area contributed by atoms with Gasteiger partial charge in [0.1, 0.15) is 6.29 Å². The largest absolute Gasteiger partial charge is 0.377 e. The molecule has 2 aliphatic rings. The number of carbonyl (C=O) groups is 1. The molecule has 1 fully saturated rings. The zero-order valence-electron chi connectivity index (χ0n) is 5.75. The summed E-state index contributed by atoms with van der Waals surface area (Å²) >= 11 is 0. The molecule has 0 aromatic heterocycles. The lowest BCUT2D eigenvalue weighted by Gasteiger charge is -2.04. The van der Waals surface area contributed by atoms with Crippen molar-refractivity contribution in [1.82, 2.24) is 0 Å². The van der Waals surface area contributed by atoms with Gasteiger partial charge >= 0.3 is 0 Å². The minimum atomic E-state index is 0.334. The Morgan fingerprint density at radius 2 is 2.60 bits per heavy atom. The fourth-order valence-corrected chi connectivity index (χ4v) is 1.73. The first-order valence-electron chi connectivity index (χ1n) is 3.67. The van der Waals surface area contributed by atoms with E-state index in [-0.39, 0.29) is 0 Å². The highest BCUT2D eigenvalue weighted by molar-refractivity contribution is 5.74. The first-order chi connectivity index (χ1) is 4.90. The molecule has 1 heterocycles. The van der Waals surface area contributed by atoms with E-state index in [2.05, 4.69) is 6.08 Å². The molecule has 0 amide bonds. The van der Waals surface area contributed by atoms with Gasteiger partial charge in [0.15, 0.2) is 0 Å². The van der Waals surface area contributed by atoms with E-state index in [9.17, 15) is 4.79 Å². The Morgan fingerprint density at radius 3 is 3.30 bits per heavy atom. The molecular formula is C8H10O2. The Balaban J connectivity index is 2.13. The van der Waals surface area contributed by atoms with Gasteiger partial charge < -0.3 is 4.74 Å². The summed E-state index contributed by atoms with van der Waals surface area (Å²) in [4.78, 5) is 10.3. The lowest BCUT2D eigenvalue weighted by molar-refractivity contribution is -0.105. The lowest BCUT2D eigenvalue weighted by atomic mass is 10.1. The first-order valence-corrected chi connectivity index (χ1v) is 3.67. The maximum atomic E-state index is 10.3. The molecule has 1 saturated heterocycles.